The van der Waals surface area contributed by atoms with Gasteiger partial charge < -0.3 is 35.3 Å². The van der Waals surface area contributed by atoms with Crippen LogP contribution in [0.4, 0.5) is 5.69 Å². The van der Waals surface area contributed by atoms with Crippen LogP contribution in [-0.2, 0) is 25.5 Å². The lowest BCUT2D eigenvalue weighted by Gasteiger charge is -2.21. The quantitative estimate of drug-likeness (QED) is 0.0932. The van der Waals surface area contributed by atoms with Gasteiger partial charge in [0.15, 0.2) is 6.54 Å². The highest BCUT2D eigenvalue weighted by atomic mass is 32.2. The minimum absolute atomic E-state index is 0.567. The van der Waals surface area contributed by atoms with Crippen molar-refractivity contribution in [3.63, 3.8) is 0 Å². The molecule has 0 bridgehead atoms. The third kappa shape index (κ3) is 9.36. The summed E-state index contributed by atoms with van der Waals surface area (Å²) in [6.45, 7) is 7.81. The van der Waals surface area contributed by atoms with E-state index in [0.29, 0.717) is 52.9 Å². The summed E-state index contributed by atoms with van der Waals surface area (Å²) in [4.78, 5) is 3.65. The molecule has 10 heteroatoms. The number of thioether (sulfide) groups is 1. The Morgan fingerprint density at radius 1 is 0.612 bits per heavy atom. The molecule has 256 valence electrons. The molecule has 0 spiro atoms. The fourth-order valence-corrected chi connectivity index (χ4v) is 8.05. The number of aromatic nitrogens is 1. The van der Waals surface area contributed by atoms with Gasteiger partial charge in [0, 0.05) is 17.5 Å². The average Bonchev–Trinajstić information content (AvgIpc) is 3.67. The SMILES string of the molecule is [NH3+]CCOCCOCCN1C(=Cc2sc3ccc(-c4ccccc4)cc3[n+]2CCOCCOCC[NH3+])Sc2ccc(-c3ccccc3)cc21. The first-order valence-corrected chi connectivity index (χ1v) is 18.7. The van der Waals surface area contributed by atoms with Crippen molar-refractivity contribution in [1.29, 1.82) is 0 Å². The maximum absolute atomic E-state index is 6.04. The first kappa shape index (κ1) is 35.3. The van der Waals surface area contributed by atoms with E-state index in [-0.39, 0.29) is 0 Å². The van der Waals surface area contributed by atoms with Crippen LogP contribution in [0.25, 0.3) is 38.5 Å². The van der Waals surface area contributed by atoms with E-state index in [4.69, 9.17) is 18.9 Å². The molecule has 1 aromatic heterocycles. The molecular formula is C39H47N4O4S2+3. The van der Waals surface area contributed by atoms with E-state index >= 15 is 0 Å². The van der Waals surface area contributed by atoms with Crippen molar-refractivity contribution >= 4 is 45.1 Å². The molecule has 0 saturated carbocycles. The van der Waals surface area contributed by atoms with Crippen LogP contribution in [0.15, 0.2) is 107 Å². The van der Waals surface area contributed by atoms with Gasteiger partial charge in [0.1, 0.15) is 11.3 Å². The molecule has 5 aromatic rings. The second-order valence-corrected chi connectivity index (χ2v) is 13.7. The molecule has 0 amide bonds. The monoisotopic (exact) mass is 699 g/mol. The fourth-order valence-electron chi connectivity index (χ4n) is 5.76. The van der Waals surface area contributed by atoms with Crippen molar-refractivity contribution in [1.82, 2.24) is 0 Å². The molecule has 0 saturated heterocycles. The molecule has 1 aliphatic rings. The number of hydrogen-bond acceptors (Lipinski definition) is 7. The van der Waals surface area contributed by atoms with Gasteiger partial charge in [0.05, 0.1) is 76.1 Å². The first-order valence-electron chi connectivity index (χ1n) is 17.0. The third-order valence-corrected chi connectivity index (χ3v) is 10.4. The van der Waals surface area contributed by atoms with E-state index in [1.165, 1.54) is 53.1 Å². The zero-order chi connectivity index (χ0) is 33.7. The first-order chi connectivity index (χ1) is 24.2. The third-order valence-electron chi connectivity index (χ3n) is 8.16. The number of hydrogen-bond donors (Lipinski definition) is 2. The smallest absolute Gasteiger partial charge is 0.265 e. The van der Waals surface area contributed by atoms with Gasteiger partial charge in [-0.2, -0.15) is 4.57 Å². The minimum Gasteiger partial charge on any atom is -0.377 e. The Hall–Kier alpha value is -3.58. The zero-order valence-electron chi connectivity index (χ0n) is 28.1. The zero-order valence-corrected chi connectivity index (χ0v) is 29.7. The van der Waals surface area contributed by atoms with Gasteiger partial charge in [-0.1, -0.05) is 95.9 Å². The van der Waals surface area contributed by atoms with E-state index in [9.17, 15) is 0 Å². The van der Waals surface area contributed by atoms with E-state index in [1.807, 2.05) is 23.1 Å². The van der Waals surface area contributed by atoms with Crippen LogP contribution in [0.3, 0.4) is 0 Å². The normalized spacial score (nSPS) is 13.5. The Labute approximate surface area is 297 Å². The number of quaternary nitrogens is 2. The summed E-state index contributed by atoms with van der Waals surface area (Å²) in [5, 5.41) is 2.37. The molecule has 0 unspecified atom stereocenters. The Balaban J connectivity index is 1.30. The van der Waals surface area contributed by atoms with Crippen molar-refractivity contribution in [3.8, 4) is 22.3 Å². The average molecular weight is 700 g/mol. The van der Waals surface area contributed by atoms with E-state index < -0.39 is 0 Å². The number of nitrogens with zero attached hydrogens (tertiary/aromatic N) is 2. The standard InChI is InChI=1S/C39H45N4O4S2/c40-15-19-44-23-25-46-21-17-42-34-27-32(30-7-3-1-4-8-30)11-13-36(34)48-38(42)29-39-43(18-22-47-26-24-45-20-16-41)35-28-33(12-14-37(35)49-39)31-9-5-2-6-10-31/h1-14,27-29H,15-26,40-41H2/q+1/p+2. The Morgan fingerprint density at radius 2 is 1.20 bits per heavy atom. The van der Waals surface area contributed by atoms with Crippen molar-refractivity contribution in [2.45, 2.75) is 11.4 Å². The van der Waals surface area contributed by atoms with Crippen LogP contribution in [-0.4, -0.2) is 72.5 Å². The van der Waals surface area contributed by atoms with Crippen molar-refractivity contribution in [3.05, 3.63) is 107 Å². The summed E-state index contributed by atoms with van der Waals surface area (Å²) >= 11 is 3.63. The van der Waals surface area contributed by atoms with E-state index in [1.54, 1.807) is 0 Å². The molecule has 0 fully saturated rings. The maximum atomic E-state index is 6.04. The second-order valence-electron chi connectivity index (χ2n) is 11.6. The largest absolute Gasteiger partial charge is 0.377 e. The molecular weight excluding hydrogens is 653 g/mol. The van der Waals surface area contributed by atoms with Gasteiger partial charge in [0.25, 0.3) is 5.01 Å². The van der Waals surface area contributed by atoms with Crippen LogP contribution in [0.2, 0.25) is 0 Å². The lowest BCUT2D eigenvalue weighted by molar-refractivity contribution is -0.670. The van der Waals surface area contributed by atoms with Crippen molar-refractivity contribution in [2.24, 2.45) is 0 Å². The highest BCUT2D eigenvalue weighted by Gasteiger charge is 2.28. The number of fused-ring (bicyclic) bond motifs is 2. The lowest BCUT2D eigenvalue weighted by Crippen LogP contribution is -2.52. The number of ether oxygens (including phenoxy) is 4. The lowest BCUT2D eigenvalue weighted by atomic mass is 10.0. The molecule has 0 aliphatic carbocycles. The van der Waals surface area contributed by atoms with Gasteiger partial charge in [-0.25, -0.2) is 0 Å². The number of benzene rings is 4. The highest BCUT2D eigenvalue weighted by molar-refractivity contribution is 8.03. The molecule has 2 heterocycles. The molecule has 4 aromatic carbocycles. The van der Waals surface area contributed by atoms with Crippen LogP contribution < -0.4 is 20.9 Å². The number of rotatable bonds is 19. The summed E-state index contributed by atoms with van der Waals surface area (Å²) in [7, 11) is 0. The van der Waals surface area contributed by atoms with Gasteiger partial charge in [-0.3, -0.25) is 0 Å². The predicted molar refractivity (Wildman–Crippen MR) is 199 cm³/mol. The van der Waals surface area contributed by atoms with Gasteiger partial charge in [-0.15, -0.1) is 0 Å². The van der Waals surface area contributed by atoms with Gasteiger partial charge in [0.2, 0.25) is 5.52 Å². The Bertz CT molecular complexity index is 1800. The molecule has 0 atom stereocenters. The fraction of sp³-hybridized carbons (Fsp3) is 0.308. The molecule has 1 aliphatic heterocycles. The minimum atomic E-state index is 0.567. The topological polar surface area (TPSA) is 99.3 Å². The van der Waals surface area contributed by atoms with E-state index in [2.05, 4.69) is 124 Å². The van der Waals surface area contributed by atoms with Gasteiger partial charge in [-0.05, 0) is 40.5 Å². The van der Waals surface area contributed by atoms with Crippen LogP contribution >= 0.6 is 23.1 Å². The molecule has 8 nitrogen and oxygen atoms in total. The van der Waals surface area contributed by atoms with Crippen LogP contribution in [0.1, 0.15) is 5.01 Å². The molecule has 6 rings (SSSR count). The molecule has 6 N–H and O–H groups in total. The van der Waals surface area contributed by atoms with Crippen molar-refractivity contribution < 1.29 is 35.0 Å². The van der Waals surface area contributed by atoms with Gasteiger partial charge >= 0.3 is 0 Å². The summed E-state index contributed by atoms with van der Waals surface area (Å²) in [5.74, 6) is 0. The molecule has 49 heavy (non-hydrogen) atoms. The summed E-state index contributed by atoms with van der Waals surface area (Å²) < 4.78 is 26.9. The van der Waals surface area contributed by atoms with Crippen molar-refractivity contribution in [2.75, 3.05) is 77.4 Å². The van der Waals surface area contributed by atoms with Crippen LogP contribution in [0.5, 0.6) is 0 Å². The number of anilines is 1. The van der Waals surface area contributed by atoms with E-state index in [0.717, 1.165) is 26.2 Å². The predicted octanol–water partition coefficient (Wildman–Crippen LogP) is 4.98. The number of thiazole rings is 1. The molecule has 0 radical (unpaired) electrons. The summed E-state index contributed by atoms with van der Waals surface area (Å²) in [5.41, 5.74) is 14.9. The Kier molecular flexibility index (Phi) is 13.3. The van der Waals surface area contributed by atoms with Crippen LogP contribution in [0, 0.1) is 0 Å². The maximum Gasteiger partial charge on any atom is 0.265 e. The summed E-state index contributed by atoms with van der Waals surface area (Å²) in [6, 6.07) is 34.7. The summed E-state index contributed by atoms with van der Waals surface area (Å²) in [6.07, 6.45) is 2.34. The second kappa shape index (κ2) is 18.4. The Morgan fingerprint density at radius 3 is 1.86 bits per heavy atom. The highest BCUT2D eigenvalue weighted by Crippen LogP contribution is 2.48.